The molecule has 3 unspecified atom stereocenters. The predicted octanol–water partition coefficient (Wildman–Crippen LogP) is 3.63. The molecule has 3 aliphatic rings. The fraction of sp³-hybridized carbons (Fsp3) is 0.500. The number of carbonyl (C=O) groups excluding carboxylic acids is 4. The molecule has 196 valence electrons. The van der Waals surface area contributed by atoms with Gasteiger partial charge in [-0.15, -0.1) is 11.3 Å². The zero-order valence-corrected chi connectivity index (χ0v) is 22.2. The first kappa shape index (κ1) is 25.4. The van der Waals surface area contributed by atoms with Gasteiger partial charge in [-0.05, 0) is 49.3 Å². The van der Waals surface area contributed by atoms with Gasteiger partial charge in [0.25, 0.3) is 5.91 Å². The summed E-state index contributed by atoms with van der Waals surface area (Å²) in [4.78, 5) is 59.6. The monoisotopic (exact) mass is 522 g/mol. The van der Waals surface area contributed by atoms with Crippen LogP contribution in [0.25, 0.3) is 10.4 Å². The van der Waals surface area contributed by atoms with Gasteiger partial charge in [0.15, 0.2) is 5.78 Å². The van der Waals surface area contributed by atoms with E-state index >= 15 is 0 Å². The molecule has 3 fully saturated rings. The highest BCUT2D eigenvalue weighted by Crippen LogP contribution is 2.32. The lowest BCUT2D eigenvalue weighted by molar-refractivity contribution is -0.138. The molecule has 9 heteroatoms. The molecular formula is C28H34N4O4S. The second-order valence-electron chi connectivity index (χ2n) is 10.6. The molecule has 0 bridgehead atoms. The number of nitrogens with zero attached hydrogens (tertiary/aromatic N) is 3. The number of thiophene rings is 1. The molecule has 0 saturated carbocycles. The molecule has 5 rings (SSSR count). The molecule has 37 heavy (non-hydrogen) atoms. The first-order chi connectivity index (χ1) is 17.8. The van der Waals surface area contributed by atoms with E-state index in [1.807, 2.05) is 55.1 Å². The summed E-state index contributed by atoms with van der Waals surface area (Å²) in [5.41, 5.74) is 1.04. The van der Waals surface area contributed by atoms with Crippen molar-refractivity contribution in [3.8, 4) is 10.4 Å². The Morgan fingerprint density at radius 2 is 1.73 bits per heavy atom. The maximum Gasteiger partial charge on any atom is 0.320 e. The van der Waals surface area contributed by atoms with Gasteiger partial charge in [0.05, 0.1) is 17.5 Å². The van der Waals surface area contributed by atoms with Gasteiger partial charge >= 0.3 is 6.03 Å². The third kappa shape index (κ3) is 5.14. The summed E-state index contributed by atoms with van der Waals surface area (Å²) in [6.45, 7) is 5.92. The lowest BCUT2D eigenvalue weighted by atomic mass is 10.0. The van der Waals surface area contributed by atoms with Crippen LogP contribution in [-0.2, 0) is 9.59 Å². The number of carbonyl (C=O) groups is 4. The Balaban J connectivity index is 1.29. The molecule has 0 spiro atoms. The van der Waals surface area contributed by atoms with Gasteiger partial charge in [0, 0.05) is 24.5 Å². The summed E-state index contributed by atoms with van der Waals surface area (Å²) in [5.74, 6) is -0.448. The van der Waals surface area contributed by atoms with Crippen molar-refractivity contribution in [1.29, 1.82) is 0 Å². The maximum absolute atomic E-state index is 13.7. The second kappa shape index (κ2) is 10.7. The summed E-state index contributed by atoms with van der Waals surface area (Å²) in [5, 5.41) is 2.96. The molecule has 0 radical (unpaired) electrons. The minimum atomic E-state index is -0.732. The molecule has 1 N–H and O–H groups in total. The van der Waals surface area contributed by atoms with Gasteiger partial charge in [-0.2, -0.15) is 0 Å². The number of ketones is 1. The van der Waals surface area contributed by atoms with Crippen molar-refractivity contribution in [2.75, 3.05) is 26.2 Å². The third-order valence-corrected chi connectivity index (χ3v) is 8.66. The number of urea groups is 1. The Kier molecular flexibility index (Phi) is 7.33. The molecule has 1 aromatic heterocycles. The lowest BCUT2D eigenvalue weighted by Gasteiger charge is -2.30. The van der Waals surface area contributed by atoms with E-state index in [-0.39, 0.29) is 42.1 Å². The zero-order valence-electron chi connectivity index (χ0n) is 21.4. The highest BCUT2D eigenvalue weighted by Gasteiger charge is 2.53. The molecule has 3 saturated heterocycles. The molecule has 2 aromatic rings. The Bertz CT molecular complexity index is 1170. The van der Waals surface area contributed by atoms with Crippen molar-refractivity contribution in [1.82, 2.24) is 20.0 Å². The van der Waals surface area contributed by atoms with Gasteiger partial charge in [-0.25, -0.2) is 4.79 Å². The van der Waals surface area contributed by atoms with Gasteiger partial charge in [0.1, 0.15) is 12.1 Å². The Morgan fingerprint density at radius 1 is 1.00 bits per heavy atom. The molecule has 0 aliphatic carbocycles. The van der Waals surface area contributed by atoms with E-state index in [1.165, 1.54) is 11.3 Å². The topological polar surface area (TPSA) is 90.0 Å². The van der Waals surface area contributed by atoms with Gasteiger partial charge < -0.3 is 20.0 Å². The summed E-state index contributed by atoms with van der Waals surface area (Å²) in [7, 11) is 0. The van der Waals surface area contributed by atoms with Crippen LogP contribution in [0.2, 0.25) is 0 Å². The Morgan fingerprint density at radius 3 is 2.43 bits per heavy atom. The number of rotatable bonds is 6. The van der Waals surface area contributed by atoms with Crippen LogP contribution < -0.4 is 5.32 Å². The average Bonchev–Trinajstić information content (AvgIpc) is 3.69. The highest BCUT2D eigenvalue weighted by molar-refractivity contribution is 7.17. The summed E-state index contributed by atoms with van der Waals surface area (Å²) in [6, 6.07) is 11.8. The van der Waals surface area contributed by atoms with Crippen LogP contribution >= 0.6 is 11.3 Å². The van der Waals surface area contributed by atoms with Crippen molar-refractivity contribution in [3.05, 3.63) is 47.3 Å². The average molecular weight is 523 g/mol. The number of amides is 4. The van der Waals surface area contributed by atoms with Crippen LogP contribution in [0.1, 0.15) is 49.2 Å². The molecule has 3 aliphatic heterocycles. The number of benzene rings is 1. The van der Waals surface area contributed by atoms with Crippen molar-refractivity contribution >= 4 is 35.0 Å². The van der Waals surface area contributed by atoms with Crippen molar-refractivity contribution in [2.24, 2.45) is 5.92 Å². The van der Waals surface area contributed by atoms with E-state index < -0.39 is 12.1 Å². The van der Waals surface area contributed by atoms with E-state index in [9.17, 15) is 19.2 Å². The minimum Gasteiger partial charge on any atom is -0.340 e. The first-order valence-electron chi connectivity index (χ1n) is 13.2. The van der Waals surface area contributed by atoms with Crippen LogP contribution in [0.4, 0.5) is 4.79 Å². The number of nitrogens with one attached hydrogen (secondary N) is 1. The second-order valence-corrected chi connectivity index (χ2v) is 11.7. The molecule has 8 nitrogen and oxygen atoms in total. The number of Topliss-reactive ketones (excluding diaryl/α,β-unsaturated/α-hetero) is 1. The van der Waals surface area contributed by atoms with Crippen molar-refractivity contribution in [2.45, 2.75) is 57.7 Å². The largest absolute Gasteiger partial charge is 0.340 e. The highest BCUT2D eigenvalue weighted by atomic mass is 32.1. The smallest absolute Gasteiger partial charge is 0.320 e. The van der Waals surface area contributed by atoms with E-state index in [2.05, 4.69) is 5.32 Å². The molecule has 4 heterocycles. The maximum atomic E-state index is 13.7. The van der Waals surface area contributed by atoms with Gasteiger partial charge in [-0.3, -0.25) is 14.4 Å². The van der Waals surface area contributed by atoms with Crippen LogP contribution in [0.5, 0.6) is 0 Å². The molecule has 4 amide bonds. The SMILES string of the molecule is CC(C)CC(NC(=O)c1ccc(-c2ccccc2)s1)C(=O)N1CCC2C1C(=O)CN2C(=O)N1CCCC1. The normalized spacial score (nSPS) is 22.0. The van der Waals surface area contributed by atoms with Crippen molar-refractivity contribution in [3.63, 3.8) is 0 Å². The number of fused-ring (bicyclic) bond motifs is 1. The van der Waals surface area contributed by atoms with E-state index in [0.717, 1.165) is 36.4 Å². The van der Waals surface area contributed by atoms with E-state index in [1.54, 1.807) is 15.9 Å². The number of likely N-dealkylation sites (tertiary alicyclic amines) is 3. The minimum absolute atomic E-state index is 0.0487. The first-order valence-corrected chi connectivity index (χ1v) is 14.0. The summed E-state index contributed by atoms with van der Waals surface area (Å²) < 4.78 is 0. The van der Waals surface area contributed by atoms with Crippen LogP contribution in [0.3, 0.4) is 0 Å². The third-order valence-electron chi connectivity index (χ3n) is 7.53. The summed E-state index contributed by atoms with van der Waals surface area (Å²) in [6.07, 6.45) is 3.02. The van der Waals surface area contributed by atoms with Crippen LogP contribution in [0, 0.1) is 5.92 Å². The van der Waals surface area contributed by atoms with Gasteiger partial charge in [-0.1, -0.05) is 44.2 Å². The lowest BCUT2D eigenvalue weighted by Crippen LogP contribution is -2.53. The molecule has 1 aromatic carbocycles. The fourth-order valence-electron chi connectivity index (χ4n) is 5.76. The zero-order chi connectivity index (χ0) is 26.1. The quantitative estimate of drug-likeness (QED) is 0.628. The van der Waals surface area contributed by atoms with Crippen LogP contribution in [-0.4, -0.2) is 82.6 Å². The standard InChI is InChI=1S/C28H34N4O4S/c1-18(2)16-20(29-26(34)24-11-10-23(37-24)19-8-4-3-5-9-19)27(35)31-15-12-21-25(31)22(33)17-32(21)28(36)30-13-6-7-14-30/h3-5,8-11,18,20-21,25H,6-7,12-17H2,1-2H3,(H,29,34). The van der Waals surface area contributed by atoms with E-state index in [0.29, 0.717) is 24.3 Å². The number of hydrogen-bond donors (Lipinski definition) is 1. The number of hydrogen-bond acceptors (Lipinski definition) is 5. The molecular weight excluding hydrogens is 488 g/mol. The van der Waals surface area contributed by atoms with Crippen molar-refractivity contribution < 1.29 is 19.2 Å². The Labute approximate surface area is 221 Å². The summed E-state index contributed by atoms with van der Waals surface area (Å²) >= 11 is 1.39. The fourth-order valence-corrected chi connectivity index (χ4v) is 6.67. The van der Waals surface area contributed by atoms with E-state index in [4.69, 9.17) is 0 Å². The Hall–Kier alpha value is -3.20. The van der Waals surface area contributed by atoms with Crippen LogP contribution in [0.15, 0.2) is 42.5 Å². The predicted molar refractivity (Wildman–Crippen MR) is 142 cm³/mol. The molecule has 3 atom stereocenters. The van der Waals surface area contributed by atoms with Gasteiger partial charge in [0.2, 0.25) is 5.91 Å².